The summed E-state index contributed by atoms with van der Waals surface area (Å²) in [6, 6.07) is 19.6. The highest BCUT2D eigenvalue weighted by molar-refractivity contribution is 6.21. The van der Waals surface area contributed by atoms with E-state index < -0.39 is 17.8 Å². The van der Waals surface area contributed by atoms with Crippen LogP contribution in [0.5, 0.6) is 11.5 Å². The number of esters is 1. The van der Waals surface area contributed by atoms with Gasteiger partial charge in [0.05, 0.1) is 30.3 Å². The number of nitrogens with one attached hydrogen (secondary N) is 1. The van der Waals surface area contributed by atoms with Gasteiger partial charge >= 0.3 is 5.97 Å². The van der Waals surface area contributed by atoms with Crippen LogP contribution in [-0.2, 0) is 9.53 Å². The quantitative estimate of drug-likeness (QED) is 0.375. The third kappa shape index (κ3) is 5.47. The number of rotatable bonds is 9. The number of fused-ring (bicyclic) bond motifs is 1. The zero-order chi connectivity index (χ0) is 24.8. The second-order valence-corrected chi connectivity index (χ2v) is 7.54. The Morgan fingerprint density at radius 2 is 1.54 bits per heavy atom. The Labute approximate surface area is 201 Å². The van der Waals surface area contributed by atoms with Gasteiger partial charge in [0.2, 0.25) is 0 Å². The summed E-state index contributed by atoms with van der Waals surface area (Å²) in [7, 11) is 1.54. The van der Waals surface area contributed by atoms with Crippen molar-refractivity contribution < 1.29 is 33.4 Å². The molecule has 3 aromatic rings. The average Bonchev–Trinajstić information content (AvgIpc) is 3.13. The van der Waals surface area contributed by atoms with E-state index in [4.69, 9.17) is 14.2 Å². The van der Waals surface area contributed by atoms with E-state index in [1.54, 1.807) is 60.7 Å². The molecule has 0 atom stereocenters. The van der Waals surface area contributed by atoms with Crippen LogP contribution in [0, 0.1) is 0 Å². The number of anilines is 1. The van der Waals surface area contributed by atoms with Crippen LogP contribution >= 0.6 is 0 Å². The summed E-state index contributed by atoms with van der Waals surface area (Å²) in [6.07, 6.45) is 0. The van der Waals surface area contributed by atoms with Crippen molar-refractivity contribution >= 4 is 29.4 Å². The second kappa shape index (κ2) is 10.5. The van der Waals surface area contributed by atoms with Crippen molar-refractivity contribution in [3.05, 3.63) is 89.5 Å². The molecule has 1 heterocycles. The van der Waals surface area contributed by atoms with E-state index in [1.165, 1.54) is 19.2 Å². The highest BCUT2D eigenvalue weighted by Crippen LogP contribution is 2.22. The maximum atomic E-state index is 12.3. The van der Waals surface area contributed by atoms with Crippen LogP contribution in [-0.4, -0.2) is 55.5 Å². The molecule has 3 aromatic carbocycles. The summed E-state index contributed by atoms with van der Waals surface area (Å²) in [4.78, 5) is 50.2. The SMILES string of the molecule is COc1cccc(NC(=O)COc2ccc(C(=O)OCCN3C(=O)c4ccccc4C3=O)cc2)c1. The Balaban J connectivity index is 1.23. The van der Waals surface area contributed by atoms with Crippen molar-refractivity contribution in [2.24, 2.45) is 0 Å². The molecule has 0 radical (unpaired) electrons. The first-order valence-corrected chi connectivity index (χ1v) is 10.8. The topological polar surface area (TPSA) is 111 Å². The first-order valence-electron chi connectivity index (χ1n) is 10.8. The van der Waals surface area contributed by atoms with Gasteiger partial charge in [-0.1, -0.05) is 18.2 Å². The molecule has 0 saturated heterocycles. The zero-order valence-electron chi connectivity index (χ0n) is 18.9. The molecule has 0 saturated carbocycles. The third-order valence-electron chi connectivity index (χ3n) is 5.24. The number of hydrogen-bond acceptors (Lipinski definition) is 7. The van der Waals surface area contributed by atoms with Crippen molar-refractivity contribution in [2.45, 2.75) is 0 Å². The molecule has 0 aliphatic carbocycles. The molecule has 1 N–H and O–H groups in total. The van der Waals surface area contributed by atoms with Crippen LogP contribution in [0.4, 0.5) is 5.69 Å². The van der Waals surface area contributed by atoms with Crippen LogP contribution in [0.15, 0.2) is 72.8 Å². The van der Waals surface area contributed by atoms with Crippen molar-refractivity contribution in [1.82, 2.24) is 4.90 Å². The van der Waals surface area contributed by atoms with E-state index in [-0.39, 0.29) is 31.2 Å². The fourth-order valence-electron chi connectivity index (χ4n) is 3.49. The van der Waals surface area contributed by atoms with Crippen molar-refractivity contribution in [1.29, 1.82) is 0 Å². The predicted molar refractivity (Wildman–Crippen MR) is 126 cm³/mol. The lowest BCUT2D eigenvalue weighted by atomic mass is 10.1. The highest BCUT2D eigenvalue weighted by Gasteiger charge is 2.34. The molecule has 9 heteroatoms. The Hall–Kier alpha value is -4.66. The maximum absolute atomic E-state index is 12.3. The molecule has 1 aliphatic rings. The number of carbonyl (C=O) groups is 4. The third-order valence-corrected chi connectivity index (χ3v) is 5.24. The van der Waals surface area contributed by atoms with E-state index in [0.29, 0.717) is 28.3 Å². The van der Waals surface area contributed by atoms with Gasteiger partial charge < -0.3 is 19.5 Å². The van der Waals surface area contributed by atoms with Crippen LogP contribution in [0.1, 0.15) is 31.1 Å². The lowest BCUT2D eigenvalue weighted by Crippen LogP contribution is -2.33. The number of imide groups is 1. The Kier molecular flexibility index (Phi) is 7.06. The van der Waals surface area contributed by atoms with Gasteiger partial charge in [0, 0.05) is 11.8 Å². The smallest absolute Gasteiger partial charge is 0.338 e. The average molecular weight is 474 g/mol. The van der Waals surface area contributed by atoms with Crippen molar-refractivity contribution in [3.63, 3.8) is 0 Å². The lowest BCUT2D eigenvalue weighted by molar-refractivity contribution is -0.118. The number of nitrogens with zero attached hydrogens (tertiary/aromatic N) is 1. The molecule has 0 bridgehead atoms. The number of ether oxygens (including phenoxy) is 3. The first-order chi connectivity index (χ1) is 17.0. The van der Waals surface area contributed by atoms with Crippen LogP contribution < -0.4 is 14.8 Å². The number of methoxy groups -OCH3 is 1. The van der Waals surface area contributed by atoms with E-state index in [2.05, 4.69) is 5.32 Å². The van der Waals surface area contributed by atoms with Gasteiger partial charge in [0.15, 0.2) is 6.61 Å². The van der Waals surface area contributed by atoms with Gasteiger partial charge in [-0.05, 0) is 48.5 Å². The van der Waals surface area contributed by atoms with Crippen LogP contribution in [0.3, 0.4) is 0 Å². The van der Waals surface area contributed by atoms with Gasteiger partial charge in [0.25, 0.3) is 17.7 Å². The first kappa shape index (κ1) is 23.5. The molecule has 0 aromatic heterocycles. The Bertz CT molecular complexity index is 1240. The molecule has 4 rings (SSSR count). The predicted octanol–water partition coefficient (Wildman–Crippen LogP) is 3.17. The molecule has 0 spiro atoms. The summed E-state index contributed by atoms with van der Waals surface area (Å²) < 4.78 is 15.8. The molecular weight excluding hydrogens is 452 g/mol. The van der Waals surface area contributed by atoms with E-state index >= 15 is 0 Å². The van der Waals surface area contributed by atoms with Crippen molar-refractivity contribution in [3.8, 4) is 11.5 Å². The van der Waals surface area contributed by atoms with Gasteiger partial charge in [-0.2, -0.15) is 0 Å². The second-order valence-electron chi connectivity index (χ2n) is 7.54. The molecule has 178 valence electrons. The highest BCUT2D eigenvalue weighted by atomic mass is 16.5. The number of hydrogen-bond donors (Lipinski definition) is 1. The van der Waals surface area contributed by atoms with Gasteiger partial charge in [-0.15, -0.1) is 0 Å². The summed E-state index contributed by atoms with van der Waals surface area (Å²) in [5, 5.41) is 2.70. The fraction of sp³-hybridized carbons (Fsp3) is 0.154. The van der Waals surface area contributed by atoms with E-state index in [0.717, 1.165) is 4.90 Å². The minimum atomic E-state index is -0.607. The molecule has 1 aliphatic heterocycles. The normalized spacial score (nSPS) is 12.2. The van der Waals surface area contributed by atoms with Gasteiger partial charge in [-0.25, -0.2) is 4.79 Å². The van der Waals surface area contributed by atoms with Crippen LogP contribution in [0.25, 0.3) is 0 Å². The number of carbonyl (C=O) groups excluding carboxylic acids is 4. The van der Waals surface area contributed by atoms with E-state index in [9.17, 15) is 19.2 Å². The maximum Gasteiger partial charge on any atom is 0.338 e. The number of benzene rings is 3. The molecule has 35 heavy (non-hydrogen) atoms. The zero-order valence-corrected chi connectivity index (χ0v) is 18.9. The largest absolute Gasteiger partial charge is 0.497 e. The Morgan fingerprint density at radius 1 is 0.857 bits per heavy atom. The molecule has 0 fully saturated rings. The van der Waals surface area contributed by atoms with Crippen LogP contribution in [0.2, 0.25) is 0 Å². The van der Waals surface area contributed by atoms with Gasteiger partial charge in [-0.3, -0.25) is 19.3 Å². The minimum Gasteiger partial charge on any atom is -0.497 e. The summed E-state index contributed by atoms with van der Waals surface area (Å²) in [5.41, 5.74) is 1.53. The van der Waals surface area contributed by atoms with Crippen molar-refractivity contribution in [2.75, 3.05) is 32.2 Å². The molecule has 3 amide bonds. The molecule has 0 unspecified atom stereocenters. The summed E-state index contributed by atoms with van der Waals surface area (Å²) in [6.45, 7) is -0.393. The summed E-state index contributed by atoms with van der Waals surface area (Å²) >= 11 is 0. The molecule has 9 nitrogen and oxygen atoms in total. The minimum absolute atomic E-state index is 0.0400. The fourth-order valence-corrected chi connectivity index (χ4v) is 3.49. The standard InChI is InChI=1S/C26H22N2O7/c1-33-20-6-4-5-18(15-20)27-23(29)16-35-19-11-9-17(10-12-19)26(32)34-14-13-28-24(30)21-7-2-3-8-22(21)25(28)31/h2-12,15H,13-14,16H2,1H3,(H,27,29). The molecular formula is C26H22N2O7. The number of amides is 3. The van der Waals surface area contributed by atoms with E-state index in [1.807, 2.05) is 0 Å². The Morgan fingerprint density at radius 3 is 2.20 bits per heavy atom. The summed E-state index contributed by atoms with van der Waals surface area (Å²) in [5.74, 6) is -0.751. The lowest BCUT2D eigenvalue weighted by Gasteiger charge is -2.14. The monoisotopic (exact) mass is 474 g/mol. The van der Waals surface area contributed by atoms with Gasteiger partial charge in [0.1, 0.15) is 18.1 Å².